The number of hydrogen-bond acceptors (Lipinski definition) is 7. The number of methoxy groups -OCH3 is 1. The Morgan fingerprint density at radius 1 is 1.07 bits per heavy atom. The predicted molar refractivity (Wildman–Crippen MR) is 138 cm³/mol. The molecule has 3 N–H and O–H groups in total. The fourth-order valence-electron chi connectivity index (χ4n) is 5.10. The lowest BCUT2D eigenvalue weighted by Gasteiger charge is -2.39. The Hall–Kier alpha value is -4.45. The third-order valence-corrected chi connectivity index (χ3v) is 7.29. The molecule has 1 aliphatic heterocycles. The Labute approximate surface area is 226 Å². The van der Waals surface area contributed by atoms with Crippen LogP contribution in [0.2, 0.25) is 0 Å². The van der Waals surface area contributed by atoms with Crippen LogP contribution in [0.4, 0.5) is 13.2 Å². The summed E-state index contributed by atoms with van der Waals surface area (Å²) in [5.41, 5.74) is 4.55. The Bertz CT molecular complexity index is 1580. The van der Waals surface area contributed by atoms with Crippen LogP contribution in [0, 0.1) is 0 Å². The highest BCUT2D eigenvalue weighted by Crippen LogP contribution is 2.39. The molecule has 208 valence electrons. The number of carboxylic acid groups (broad SMARTS) is 1. The number of nitrogens with two attached hydrogens (primary N) is 1. The molecule has 2 aromatic carbocycles. The molecule has 40 heavy (non-hydrogen) atoms. The van der Waals surface area contributed by atoms with Gasteiger partial charge < -0.3 is 24.9 Å². The first kappa shape index (κ1) is 27.1. The molecular formula is C28H25F3N4O5. The van der Waals surface area contributed by atoms with Crippen molar-refractivity contribution in [3.63, 3.8) is 0 Å². The lowest BCUT2D eigenvalue weighted by Crippen LogP contribution is -2.49. The molecule has 12 heteroatoms. The molecule has 0 saturated carbocycles. The van der Waals surface area contributed by atoms with Crippen LogP contribution in [0.5, 0.6) is 5.75 Å². The zero-order valence-corrected chi connectivity index (χ0v) is 21.4. The fourth-order valence-corrected chi connectivity index (χ4v) is 5.10. The highest BCUT2D eigenvalue weighted by molar-refractivity contribution is 5.98. The van der Waals surface area contributed by atoms with Crippen molar-refractivity contribution in [2.75, 3.05) is 20.2 Å². The van der Waals surface area contributed by atoms with Crippen molar-refractivity contribution in [2.24, 2.45) is 5.73 Å². The van der Waals surface area contributed by atoms with Gasteiger partial charge >= 0.3 is 12.1 Å². The molecular weight excluding hydrogens is 529 g/mol. The van der Waals surface area contributed by atoms with Crippen molar-refractivity contribution in [3.05, 3.63) is 77.3 Å². The van der Waals surface area contributed by atoms with E-state index in [9.17, 15) is 27.9 Å². The molecule has 4 aromatic rings. The minimum atomic E-state index is -4.66. The van der Waals surface area contributed by atoms with Crippen LogP contribution in [0.3, 0.4) is 0 Å². The first-order valence-electron chi connectivity index (χ1n) is 12.4. The number of alkyl halides is 3. The van der Waals surface area contributed by atoms with E-state index < -0.39 is 29.2 Å². The summed E-state index contributed by atoms with van der Waals surface area (Å²) in [5.74, 6) is -1.22. The number of pyridine rings is 1. The highest BCUT2D eigenvalue weighted by Gasteiger charge is 2.44. The van der Waals surface area contributed by atoms with E-state index in [4.69, 9.17) is 14.9 Å². The van der Waals surface area contributed by atoms with Gasteiger partial charge in [0.25, 0.3) is 5.91 Å². The predicted octanol–water partition coefficient (Wildman–Crippen LogP) is 4.63. The molecule has 2 aromatic heterocycles. The SMILES string of the molecule is COc1ccc(-c2nc(C(=O)N3CCC(C(=O)O)(c4ccccc4)CC3)c(CN)o2)c2ccc(C(F)(F)F)nc12. The first-order chi connectivity index (χ1) is 19.1. The fraction of sp³-hybridized carbons (Fsp3) is 0.286. The van der Waals surface area contributed by atoms with E-state index in [0.29, 0.717) is 11.1 Å². The molecule has 0 radical (unpaired) electrons. The van der Waals surface area contributed by atoms with Crippen LogP contribution in [0.1, 0.15) is 40.3 Å². The van der Waals surface area contributed by atoms with Gasteiger partial charge in [0.15, 0.2) is 11.5 Å². The van der Waals surface area contributed by atoms with E-state index in [1.54, 1.807) is 30.3 Å². The van der Waals surface area contributed by atoms with E-state index in [0.717, 1.165) is 6.07 Å². The number of nitrogens with zero attached hydrogens (tertiary/aromatic N) is 3. The van der Waals surface area contributed by atoms with Crippen molar-refractivity contribution in [1.29, 1.82) is 0 Å². The Balaban J connectivity index is 1.47. The second-order valence-electron chi connectivity index (χ2n) is 9.45. The second-order valence-corrected chi connectivity index (χ2v) is 9.45. The Morgan fingerprint density at radius 3 is 2.38 bits per heavy atom. The Morgan fingerprint density at radius 2 is 1.77 bits per heavy atom. The number of rotatable bonds is 6. The number of benzene rings is 2. The van der Waals surface area contributed by atoms with E-state index in [2.05, 4.69) is 9.97 Å². The molecule has 5 rings (SSSR count). The second kappa shape index (κ2) is 10.3. The van der Waals surface area contributed by atoms with Crippen LogP contribution in [0.15, 0.2) is 59.0 Å². The minimum Gasteiger partial charge on any atom is -0.494 e. The first-order valence-corrected chi connectivity index (χ1v) is 12.4. The van der Waals surface area contributed by atoms with Crippen molar-refractivity contribution >= 4 is 22.8 Å². The summed E-state index contributed by atoms with van der Waals surface area (Å²) in [4.78, 5) is 35.4. The van der Waals surface area contributed by atoms with Gasteiger partial charge in [-0.25, -0.2) is 9.97 Å². The number of piperidine rings is 1. The zero-order valence-electron chi connectivity index (χ0n) is 21.4. The molecule has 0 spiro atoms. The lowest BCUT2D eigenvalue weighted by atomic mass is 9.73. The normalized spacial score (nSPS) is 15.3. The number of aromatic nitrogens is 2. The molecule has 0 unspecified atom stereocenters. The van der Waals surface area contributed by atoms with Gasteiger partial charge in [-0.1, -0.05) is 30.3 Å². The molecule has 1 fully saturated rings. The van der Waals surface area contributed by atoms with Gasteiger partial charge in [0.05, 0.1) is 19.1 Å². The number of ether oxygens (including phenoxy) is 1. The molecule has 1 aliphatic rings. The van der Waals surface area contributed by atoms with Gasteiger partial charge in [-0.05, 0) is 42.7 Å². The Kier molecular flexibility index (Phi) is 6.96. The topological polar surface area (TPSA) is 132 Å². The van der Waals surface area contributed by atoms with Crippen molar-refractivity contribution in [1.82, 2.24) is 14.9 Å². The van der Waals surface area contributed by atoms with E-state index >= 15 is 0 Å². The van der Waals surface area contributed by atoms with Gasteiger partial charge in [0, 0.05) is 24.0 Å². The minimum absolute atomic E-state index is 0.0146. The van der Waals surface area contributed by atoms with E-state index in [1.807, 2.05) is 6.07 Å². The van der Waals surface area contributed by atoms with Gasteiger partial charge in [0.2, 0.25) is 5.89 Å². The van der Waals surface area contributed by atoms with E-state index in [1.165, 1.54) is 24.1 Å². The summed E-state index contributed by atoms with van der Waals surface area (Å²) in [6.07, 6.45) is -4.24. The van der Waals surface area contributed by atoms with Gasteiger partial charge in [-0.2, -0.15) is 13.2 Å². The molecule has 9 nitrogen and oxygen atoms in total. The van der Waals surface area contributed by atoms with Gasteiger partial charge in [0.1, 0.15) is 17.0 Å². The number of aliphatic carboxylic acids is 1. The summed E-state index contributed by atoms with van der Waals surface area (Å²) in [7, 11) is 1.32. The molecule has 3 heterocycles. The van der Waals surface area contributed by atoms with Crippen LogP contribution in [-0.2, 0) is 22.9 Å². The number of likely N-dealkylation sites (tertiary alicyclic amines) is 1. The maximum atomic E-state index is 13.5. The molecule has 0 aliphatic carbocycles. The average Bonchev–Trinajstić information content (AvgIpc) is 3.40. The molecule has 1 saturated heterocycles. The lowest BCUT2D eigenvalue weighted by molar-refractivity contribution is -0.145. The number of hydrogen-bond donors (Lipinski definition) is 2. The summed E-state index contributed by atoms with van der Waals surface area (Å²) < 4.78 is 51.0. The summed E-state index contributed by atoms with van der Waals surface area (Å²) in [6, 6.07) is 14.0. The van der Waals surface area contributed by atoms with Crippen LogP contribution in [0.25, 0.3) is 22.4 Å². The highest BCUT2D eigenvalue weighted by atomic mass is 19.4. The maximum Gasteiger partial charge on any atom is 0.433 e. The summed E-state index contributed by atoms with van der Waals surface area (Å²) >= 11 is 0. The van der Waals surface area contributed by atoms with Crippen LogP contribution < -0.4 is 10.5 Å². The smallest absolute Gasteiger partial charge is 0.433 e. The largest absolute Gasteiger partial charge is 0.494 e. The monoisotopic (exact) mass is 554 g/mol. The van der Waals surface area contributed by atoms with Crippen molar-refractivity contribution < 1.29 is 37.0 Å². The average molecular weight is 555 g/mol. The van der Waals surface area contributed by atoms with Gasteiger partial charge in [-0.3, -0.25) is 9.59 Å². The number of carbonyl (C=O) groups is 2. The third kappa shape index (κ3) is 4.64. The third-order valence-electron chi connectivity index (χ3n) is 7.29. The number of carbonyl (C=O) groups excluding carboxylic acids is 1. The van der Waals surface area contributed by atoms with Crippen molar-refractivity contribution in [2.45, 2.75) is 31.0 Å². The zero-order chi connectivity index (χ0) is 28.7. The molecule has 0 bridgehead atoms. The number of oxazole rings is 1. The maximum absolute atomic E-state index is 13.5. The summed E-state index contributed by atoms with van der Waals surface area (Å²) in [6.45, 7) is 0.180. The van der Waals surface area contributed by atoms with Gasteiger partial charge in [-0.15, -0.1) is 0 Å². The van der Waals surface area contributed by atoms with E-state index in [-0.39, 0.29) is 66.5 Å². The van der Waals surface area contributed by atoms with Crippen molar-refractivity contribution in [3.8, 4) is 17.2 Å². The molecule has 1 amide bonds. The number of amides is 1. The number of carboxylic acids is 1. The van der Waals surface area contributed by atoms with Crippen LogP contribution >= 0.6 is 0 Å². The van der Waals surface area contributed by atoms with Crippen LogP contribution in [-0.4, -0.2) is 52.1 Å². The summed E-state index contributed by atoms with van der Waals surface area (Å²) in [5, 5.41) is 10.3. The quantitative estimate of drug-likeness (QED) is 0.353. The molecule has 0 atom stereocenters. The standard InChI is InChI=1S/C28H25F3N4O5/c1-39-19-9-7-18(17-8-10-21(28(29,30)31)33-22(17)19)24-34-23(20(15-32)40-24)25(36)35-13-11-27(12-14-35,26(37)38)16-5-3-2-4-6-16/h2-10H,11-15,32H2,1H3,(H,37,38). The number of halogens is 3. The number of fused-ring (bicyclic) bond motifs is 1.